The van der Waals surface area contributed by atoms with Crippen LogP contribution in [0.1, 0.15) is 45.2 Å². The minimum absolute atomic E-state index is 0.0119. The molecule has 0 spiro atoms. The zero-order chi connectivity index (χ0) is 29.0. The van der Waals surface area contributed by atoms with Crippen LogP contribution in [-0.2, 0) is 14.4 Å². The largest absolute Gasteiger partial charge is 0.471 e. The summed E-state index contributed by atoms with van der Waals surface area (Å²) in [6.45, 7) is 4.47. The average Bonchev–Trinajstić information content (AvgIpc) is 3.51. The summed E-state index contributed by atoms with van der Waals surface area (Å²) >= 11 is 12.2. The molecule has 1 unspecified atom stereocenters. The molecule has 1 aromatic heterocycles. The molecule has 3 fully saturated rings. The van der Waals surface area contributed by atoms with E-state index in [0.29, 0.717) is 6.42 Å². The van der Waals surface area contributed by atoms with Crippen molar-refractivity contribution in [2.24, 2.45) is 29.1 Å². The van der Waals surface area contributed by atoms with Crippen molar-refractivity contribution in [1.82, 2.24) is 20.5 Å². The zero-order valence-electron chi connectivity index (χ0n) is 21.2. The third-order valence-electron chi connectivity index (χ3n) is 8.06. The molecule has 1 aromatic rings. The molecule has 39 heavy (non-hydrogen) atoms. The smallest absolute Gasteiger partial charge is 0.336 e. The summed E-state index contributed by atoms with van der Waals surface area (Å²) in [5.74, 6) is -5.43. The first-order valence-corrected chi connectivity index (χ1v) is 13.1. The van der Waals surface area contributed by atoms with Gasteiger partial charge in [0.25, 0.3) is 0 Å². The van der Waals surface area contributed by atoms with Gasteiger partial charge in [-0.25, -0.2) is 4.39 Å². The molecule has 3 aliphatic rings. The van der Waals surface area contributed by atoms with Crippen LogP contribution in [0.5, 0.6) is 0 Å². The van der Waals surface area contributed by atoms with E-state index in [2.05, 4.69) is 10.3 Å². The van der Waals surface area contributed by atoms with E-state index >= 15 is 0 Å². The summed E-state index contributed by atoms with van der Waals surface area (Å²) in [5.41, 5.74) is -1.05. The minimum atomic E-state index is -5.23. The lowest BCUT2D eigenvalue weighted by Crippen LogP contribution is -2.60. The van der Waals surface area contributed by atoms with E-state index in [-0.39, 0.29) is 40.4 Å². The number of hydrogen-bond acceptors (Lipinski definition) is 5. The lowest BCUT2D eigenvalue weighted by molar-refractivity contribution is -0.176. The van der Waals surface area contributed by atoms with Gasteiger partial charge in [-0.3, -0.25) is 19.4 Å². The van der Waals surface area contributed by atoms with Crippen LogP contribution < -0.4 is 10.6 Å². The van der Waals surface area contributed by atoms with E-state index in [1.54, 1.807) is 5.32 Å². The standard InChI is InChI=1S/C25H27Cl2F4N5O3/c1-24(2,3)20(35-23(39)25(29,30)31)22(38)36-9-13-10-4-11(15(28)5-10)17(13)19(36)21(37)34-16(6-32)12-7-33-8-14(26)18(12)27/h7-8,10-11,13,15-17,19-20H,4-5,9H2,1-3H3,(H,34,37)(H,35,39)/t10-,11+,13+,15+,16?,17-,19-,20+/m0/s1. The van der Waals surface area contributed by atoms with Crippen LogP contribution in [0.25, 0.3) is 0 Å². The first-order chi connectivity index (χ1) is 18.1. The molecule has 212 valence electrons. The van der Waals surface area contributed by atoms with Crippen LogP contribution in [0.3, 0.4) is 0 Å². The van der Waals surface area contributed by atoms with Crippen LogP contribution in [0.4, 0.5) is 17.6 Å². The Morgan fingerprint density at radius 3 is 2.38 bits per heavy atom. The van der Waals surface area contributed by atoms with Crippen molar-refractivity contribution in [1.29, 1.82) is 5.26 Å². The number of nitrogens with one attached hydrogen (secondary N) is 2. The summed E-state index contributed by atoms with van der Waals surface area (Å²) in [6.07, 6.45) is -3.11. The number of nitrogens with zero attached hydrogens (tertiary/aromatic N) is 3. The number of amides is 3. The van der Waals surface area contributed by atoms with Gasteiger partial charge in [0, 0.05) is 24.5 Å². The van der Waals surface area contributed by atoms with Gasteiger partial charge in [0.15, 0.2) is 0 Å². The molecule has 3 amide bonds. The van der Waals surface area contributed by atoms with Gasteiger partial charge in [-0.2, -0.15) is 18.4 Å². The normalized spacial score (nSPS) is 29.4. The predicted octanol–water partition coefficient (Wildman–Crippen LogP) is 3.98. The van der Waals surface area contributed by atoms with Crippen LogP contribution in [-0.4, -0.2) is 58.6 Å². The number of likely N-dealkylation sites (tertiary alicyclic amines) is 1. The number of nitriles is 1. The molecule has 8 nitrogen and oxygen atoms in total. The fourth-order valence-electron chi connectivity index (χ4n) is 6.34. The Labute approximate surface area is 232 Å². The fraction of sp³-hybridized carbons (Fsp3) is 0.640. The number of carbonyl (C=O) groups is 3. The predicted molar refractivity (Wildman–Crippen MR) is 132 cm³/mol. The second kappa shape index (κ2) is 10.4. The van der Waals surface area contributed by atoms with Crippen molar-refractivity contribution in [3.8, 4) is 6.07 Å². The van der Waals surface area contributed by atoms with Gasteiger partial charge in [0.05, 0.1) is 16.1 Å². The zero-order valence-corrected chi connectivity index (χ0v) is 22.7. The molecule has 2 bridgehead atoms. The van der Waals surface area contributed by atoms with Crippen molar-refractivity contribution < 1.29 is 31.9 Å². The Hall–Kier alpha value is -2.65. The Kier molecular flexibility index (Phi) is 7.82. The fourth-order valence-corrected chi connectivity index (χ4v) is 6.71. The number of rotatable bonds is 5. The second-order valence-corrected chi connectivity index (χ2v) is 12.2. The molecular weight excluding hydrogens is 565 g/mol. The number of pyridine rings is 1. The molecule has 2 N–H and O–H groups in total. The van der Waals surface area contributed by atoms with Gasteiger partial charge in [-0.05, 0) is 41.9 Å². The van der Waals surface area contributed by atoms with Crippen LogP contribution >= 0.6 is 23.2 Å². The van der Waals surface area contributed by atoms with E-state index in [4.69, 9.17) is 23.2 Å². The van der Waals surface area contributed by atoms with Crippen molar-refractivity contribution in [3.63, 3.8) is 0 Å². The lowest BCUT2D eigenvalue weighted by atomic mass is 9.77. The van der Waals surface area contributed by atoms with Crippen LogP contribution in [0.15, 0.2) is 12.4 Å². The Morgan fingerprint density at radius 1 is 1.13 bits per heavy atom. The molecule has 1 saturated heterocycles. The molecule has 2 heterocycles. The first kappa shape index (κ1) is 29.3. The molecule has 14 heteroatoms. The van der Waals surface area contributed by atoms with E-state index in [1.165, 1.54) is 33.2 Å². The number of aromatic nitrogens is 1. The first-order valence-electron chi connectivity index (χ1n) is 12.4. The number of fused-ring (bicyclic) bond motifs is 5. The van der Waals surface area contributed by atoms with Crippen LogP contribution in [0, 0.1) is 40.4 Å². The maximum atomic E-state index is 14.9. The monoisotopic (exact) mass is 591 g/mol. The maximum absolute atomic E-state index is 14.9. The Balaban J connectivity index is 1.68. The Morgan fingerprint density at radius 2 is 1.79 bits per heavy atom. The van der Waals surface area contributed by atoms with Gasteiger partial charge in [0.2, 0.25) is 11.8 Å². The topological polar surface area (TPSA) is 115 Å². The van der Waals surface area contributed by atoms with Gasteiger partial charge < -0.3 is 15.5 Å². The summed E-state index contributed by atoms with van der Waals surface area (Å²) in [4.78, 5) is 44.4. The molecule has 0 radical (unpaired) electrons. The molecular formula is C25H27Cl2F4N5O3. The van der Waals surface area contributed by atoms with Crippen LogP contribution in [0.2, 0.25) is 10.0 Å². The highest BCUT2D eigenvalue weighted by atomic mass is 35.5. The highest BCUT2D eigenvalue weighted by Gasteiger charge is 2.63. The van der Waals surface area contributed by atoms with Crippen molar-refractivity contribution in [2.75, 3.05) is 6.54 Å². The molecule has 2 aliphatic carbocycles. The van der Waals surface area contributed by atoms with Gasteiger partial charge >= 0.3 is 12.1 Å². The molecule has 2 saturated carbocycles. The SMILES string of the molecule is CC(C)(C)[C@H](NC(=O)C(F)(F)F)C(=O)N1C[C@@H]2[C@H]3C[C@@H]([C@@H]2[C@H]1C(=O)NC(C#N)c1cncc(Cl)c1Cl)[C@H](F)C3. The van der Waals surface area contributed by atoms with E-state index in [0.717, 1.165) is 4.90 Å². The van der Waals surface area contributed by atoms with Crippen molar-refractivity contribution in [2.45, 2.75) is 64.1 Å². The second-order valence-electron chi connectivity index (χ2n) is 11.5. The highest BCUT2D eigenvalue weighted by molar-refractivity contribution is 6.42. The summed E-state index contributed by atoms with van der Waals surface area (Å²) in [6, 6.07) is -2.32. The molecule has 0 aromatic carbocycles. The summed E-state index contributed by atoms with van der Waals surface area (Å²) in [5, 5.41) is 14.1. The molecule has 4 rings (SSSR count). The van der Waals surface area contributed by atoms with E-state index in [9.17, 15) is 37.2 Å². The van der Waals surface area contributed by atoms with Gasteiger partial charge in [-0.1, -0.05) is 44.0 Å². The third kappa shape index (κ3) is 5.40. The highest BCUT2D eigenvalue weighted by Crippen LogP contribution is 2.58. The lowest BCUT2D eigenvalue weighted by Gasteiger charge is -2.37. The molecule has 8 atom stereocenters. The number of hydrogen-bond donors (Lipinski definition) is 2. The van der Waals surface area contributed by atoms with Crippen molar-refractivity contribution in [3.05, 3.63) is 28.0 Å². The van der Waals surface area contributed by atoms with E-state index < -0.39 is 65.4 Å². The number of halogens is 6. The number of alkyl halides is 4. The summed E-state index contributed by atoms with van der Waals surface area (Å²) < 4.78 is 54.1. The number of carbonyl (C=O) groups excluding carboxylic acids is 3. The minimum Gasteiger partial charge on any atom is -0.336 e. The quantitative estimate of drug-likeness (QED) is 0.502. The van der Waals surface area contributed by atoms with Gasteiger partial charge in [-0.15, -0.1) is 0 Å². The average molecular weight is 592 g/mol. The van der Waals surface area contributed by atoms with Crippen molar-refractivity contribution >= 4 is 40.9 Å². The third-order valence-corrected chi connectivity index (χ3v) is 8.86. The maximum Gasteiger partial charge on any atom is 0.471 e. The Bertz CT molecular complexity index is 1220. The molecule has 1 aliphatic heterocycles. The summed E-state index contributed by atoms with van der Waals surface area (Å²) in [7, 11) is 0. The van der Waals surface area contributed by atoms with E-state index in [1.807, 2.05) is 6.07 Å². The van der Waals surface area contributed by atoms with Gasteiger partial charge in [0.1, 0.15) is 24.3 Å².